The van der Waals surface area contributed by atoms with Gasteiger partial charge in [0.15, 0.2) is 0 Å². The Labute approximate surface area is 162 Å². The first-order chi connectivity index (χ1) is 11.9. The number of carbonyl (C=O) groups excluding carboxylic acids is 1. The minimum Gasteiger partial charge on any atom is -0.367 e. The van der Waals surface area contributed by atoms with Gasteiger partial charge in [0.1, 0.15) is 4.32 Å². The number of carbonyl (C=O) groups is 1. The highest BCUT2D eigenvalue weighted by molar-refractivity contribution is 8.26. The molecule has 0 unspecified atom stereocenters. The van der Waals surface area contributed by atoms with Gasteiger partial charge in [0.25, 0.3) is 5.91 Å². The molecule has 1 amide bonds. The molecule has 0 atom stereocenters. The van der Waals surface area contributed by atoms with E-state index in [9.17, 15) is 4.79 Å². The lowest BCUT2D eigenvalue weighted by Gasteiger charge is -2.17. The van der Waals surface area contributed by atoms with Crippen LogP contribution in [0.3, 0.4) is 0 Å². The van der Waals surface area contributed by atoms with Crippen LogP contribution >= 0.6 is 35.6 Å². The van der Waals surface area contributed by atoms with Gasteiger partial charge >= 0.3 is 0 Å². The van der Waals surface area contributed by atoms with E-state index in [1.165, 1.54) is 17.3 Å². The van der Waals surface area contributed by atoms with E-state index in [1.54, 1.807) is 4.90 Å². The van der Waals surface area contributed by atoms with Crippen LogP contribution in [-0.4, -0.2) is 21.8 Å². The van der Waals surface area contributed by atoms with Crippen molar-refractivity contribution in [2.45, 2.75) is 13.8 Å². The Morgan fingerprint density at radius 3 is 2.60 bits per heavy atom. The lowest BCUT2D eigenvalue weighted by molar-refractivity contribution is -0.121. The summed E-state index contributed by atoms with van der Waals surface area (Å²) in [5, 5.41) is 3.94. The Bertz CT molecular complexity index is 862. The van der Waals surface area contributed by atoms with Crippen molar-refractivity contribution < 1.29 is 4.79 Å². The molecule has 0 saturated carbocycles. The SMILES string of the molecule is Cc1ccc(/C=C2\SC(=S)N(CNc3ccc(Cl)cc3C)C2=O)cc1. The van der Waals surface area contributed by atoms with Gasteiger partial charge in [-0.05, 0) is 49.2 Å². The number of aryl methyl sites for hydroxylation is 2. The van der Waals surface area contributed by atoms with Crippen molar-refractivity contribution >= 4 is 57.6 Å². The molecule has 3 nitrogen and oxygen atoms in total. The fourth-order valence-electron chi connectivity index (χ4n) is 2.44. The molecule has 25 heavy (non-hydrogen) atoms. The number of anilines is 1. The van der Waals surface area contributed by atoms with E-state index in [0.29, 0.717) is 20.9 Å². The zero-order valence-electron chi connectivity index (χ0n) is 13.9. The predicted octanol–water partition coefficient (Wildman–Crippen LogP) is 5.23. The average molecular weight is 389 g/mol. The summed E-state index contributed by atoms with van der Waals surface area (Å²) in [6, 6.07) is 13.6. The van der Waals surface area contributed by atoms with Gasteiger partial charge < -0.3 is 5.32 Å². The molecule has 1 aliphatic rings. The van der Waals surface area contributed by atoms with E-state index < -0.39 is 0 Å². The van der Waals surface area contributed by atoms with Crippen LogP contribution in [0.2, 0.25) is 5.02 Å². The number of amides is 1. The summed E-state index contributed by atoms with van der Waals surface area (Å²) in [5.74, 6) is -0.0744. The number of hydrogen-bond donors (Lipinski definition) is 1. The largest absolute Gasteiger partial charge is 0.367 e. The Kier molecular flexibility index (Phi) is 5.47. The van der Waals surface area contributed by atoms with Gasteiger partial charge in [-0.25, -0.2) is 0 Å². The molecule has 0 radical (unpaired) electrons. The van der Waals surface area contributed by atoms with E-state index in [1.807, 2.05) is 62.4 Å². The number of halogens is 1. The van der Waals surface area contributed by atoms with Gasteiger partial charge in [-0.2, -0.15) is 0 Å². The molecule has 0 aromatic heterocycles. The molecule has 2 aromatic rings. The van der Waals surface area contributed by atoms with E-state index in [4.69, 9.17) is 23.8 Å². The van der Waals surface area contributed by atoms with Crippen molar-refractivity contribution in [3.63, 3.8) is 0 Å². The number of nitrogens with zero attached hydrogens (tertiary/aromatic N) is 1. The molecule has 128 valence electrons. The molecule has 0 bridgehead atoms. The molecule has 1 fully saturated rings. The number of nitrogens with one attached hydrogen (secondary N) is 1. The minimum absolute atomic E-state index is 0.0744. The fourth-order valence-corrected chi connectivity index (χ4v) is 3.92. The average Bonchev–Trinajstić information content (AvgIpc) is 2.83. The molecule has 1 heterocycles. The Morgan fingerprint density at radius 1 is 1.20 bits per heavy atom. The lowest BCUT2D eigenvalue weighted by atomic mass is 10.1. The molecule has 0 spiro atoms. The number of benzene rings is 2. The molecule has 1 aliphatic heterocycles. The van der Waals surface area contributed by atoms with Gasteiger partial charge in [-0.3, -0.25) is 9.69 Å². The third-order valence-corrected chi connectivity index (χ3v) is 5.48. The van der Waals surface area contributed by atoms with Crippen LogP contribution in [-0.2, 0) is 4.79 Å². The molecule has 3 rings (SSSR count). The number of thioether (sulfide) groups is 1. The first-order valence-corrected chi connectivity index (χ1v) is 9.36. The Morgan fingerprint density at radius 2 is 1.92 bits per heavy atom. The smallest absolute Gasteiger partial charge is 0.267 e. The maximum Gasteiger partial charge on any atom is 0.267 e. The van der Waals surface area contributed by atoms with Crippen molar-refractivity contribution in [1.82, 2.24) is 4.90 Å². The molecule has 0 aliphatic carbocycles. The van der Waals surface area contributed by atoms with Crippen molar-refractivity contribution in [3.05, 3.63) is 69.1 Å². The van der Waals surface area contributed by atoms with Crippen LogP contribution in [0.25, 0.3) is 6.08 Å². The fraction of sp³-hybridized carbons (Fsp3) is 0.158. The van der Waals surface area contributed by atoms with E-state index in [2.05, 4.69) is 5.32 Å². The minimum atomic E-state index is -0.0744. The third kappa shape index (κ3) is 4.24. The van der Waals surface area contributed by atoms with Crippen LogP contribution in [0.4, 0.5) is 5.69 Å². The Hall–Kier alpha value is -1.82. The molecular weight excluding hydrogens is 372 g/mol. The first-order valence-electron chi connectivity index (χ1n) is 7.76. The number of rotatable bonds is 4. The van der Waals surface area contributed by atoms with Crippen LogP contribution in [0, 0.1) is 13.8 Å². The van der Waals surface area contributed by atoms with Crippen molar-refractivity contribution in [3.8, 4) is 0 Å². The quantitative estimate of drug-likeness (QED) is 0.574. The first kappa shape index (κ1) is 18.0. The van der Waals surface area contributed by atoms with Gasteiger partial charge in [0, 0.05) is 10.7 Å². The predicted molar refractivity (Wildman–Crippen MR) is 111 cm³/mol. The summed E-state index contributed by atoms with van der Waals surface area (Å²) in [6.45, 7) is 4.34. The summed E-state index contributed by atoms with van der Waals surface area (Å²) >= 11 is 12.7. The van der Waals surface area contributed by atoms with E-state index >= 15 is 0 Å². The molecule has 2 aromatic carbocycles. The highest BCUT2D eigenvalue weighted by Gasteiger charge is 2.31. The highest BCUT2D eigenvalue weighted by Crippen LogP contribution is 2.32. The van der Waals surface area contributed by atoms with Gasteiger partial charge in [-0.15, -0.1) is 0 Å². The second-order valence-corrected chi connectivity index (χ2v) is 7.93. The van der Waals surface area contributed by atoms with Crippen molar-refractivity contribution in [2.24, 2.45) is 0 Å². The molecule has 1 N–H and O–H groups in total. The standard InChI is InChI=1S/C19H17ClN2OS2/c1-12-3-5-14(6-4-12)10-17-18(23)22(19(24)25-17)11-21-16-8-7-15(20)9-13(16)2/h3-10,21H,11H2,1-2H3/b17-10-. The summed E-state index contributed by atoms with van der Waals surface area (Å²) < 4.78 is 0.558. The molecule has 1 saturated heterocycles. The van der Waals surface area contributed by atoms with Crippen LogP contribution in [0.5, 0.6) is 0 Å². The van der Waals surface area contributed by atoms with Crippen LogP contribution in [0.15, 0.2) is 47.4 Å². The van der Waals surface area contributed by atoms with Crippen LogP contribution in [0.1, 0.15) is 16.7 Å². The normalized spacial score (nSPS) is 16.0. The summed E-state index contributed by atoms with van der Waals surface area (Å²) in [5.41, 5.74) is 4.13. The topological polar surface area (TPSA) is 32.3 Å². The van der Waals surface area contributed by atoms with Gasteiger partial charge in [0.05, 0.1) is 11.6 Å². The summed E-state index contributed by atoms with van der Waals surface area (Å²) in [7, 11) is 0. The zero-order chi connectivity index (χ0) is 18.0. The monoisotopic (exact) mass is 388 g/mol. The maximum absolute atomic E-state index is 12.6. The van der Waals surface area contributed by atoms with Crippen molar-refractivity contribution in [2.75, 3.05) is 12.0 Å². The second-order valence-electron chi connectivity index (χ2n) is 5.81. The van der Waals surface area contributed by atoms with Crippen molar-refractivity contribution in [1.29, 1.82) is 0 Å². The second kappa shape index (κ2) is 7.60. The number of thiocarbonyl (C=S) groups is 1. The third-order valence-electron chi connectivity index (χ3n) is 3.86. The Balaban J connectivity index is 1.72. The highest BCUT2D eigenvalue weighted by atomic mass is 35.5. The van der Waals surface area contributed by atoms with E-state index in [-0.39, 0.29) is 5.91 Å². The summed E-state index contributed by atoms with van der Waals surface area (Å²) in [6.07, 6.45) is 1.88. The number of hydrogen-bond acceptors (Lipinski definition) is 4. The summed E-state index contributed by atoms with van der Waals surface area (Å²) in [4.78, 5) is 14.9. The molecule has 6 heteroatoms. The maximum atomic E-state index is 12.6. The lowest BCUT2D eigenvalue weighted by Crippen LogP contribution is -2.33. The molecular formula is C19H17ClN2OS2. The van der Waals surface area contributed by atoms with Gasteiger partial charge in [-0.1, -0.05) is 65.4 Å². The van der Waals surface area contributed by atoms with Crippen LogP contribution < -0.4 is 5.32 Å². The van der Waals surface area contributed by atoms with Gasteiger partial charge in [0.2, 0.25) is 0 Å². The van der Waals surface area contributed by atoms with E-state index in [0.717, 1.165) is 16.8 Å². The zero-order valence-corrected chi connectivity index (χ0v) is 16.3.